The van der Waals surface area contributed by atoms with Crippen molar-refractivity contribution in [2.45, 2.75) is 31.6 Å². The highest BCUT2D eigenvalue weighted by atomic mass is 35.5. The van der Waals surface area contributed by atoms with Crippen molar-refractivity contribution in [2.75, 3.05) is 11.9 Å². The van der Waals surface area contributed by atoms with Crippen molar-refractivity contribution in [3.8, 4) is 0 Å². The lowest BCUT2D eigenvalue weighted by Gasteiger charge is -2.13. The number of nitrogens with one attached hydrogen (secondary N) is 2. The van der Waals surface area contributed by atoms with Crippen molar-refractivity contribution in [1.82, 2.24) is 4.72 Å². The summed E-state index contributed by atoms with van der Waals surface area (Å²) in [6.45, 7) is 3.97. The van der Waals surface area contributed by atoms with Crippen LogP contribution >= 0.6 is 11.6 Å². The summed E-state index contributed by atoms with van der Waals surface area (Å²) >= 11 is 5.75. The Bertz CT molecular complexity index is 849. The Kier molecular flexibility index (Phi) is 6.58. The largest absolute Gasteiger partial charge is 0.326 e. The van der Waals surface area contributed by atoms with Gasteiger partial charge in [-0.1, -0.05) is 36.7 Å². The smallest absolute Gasteiger partial charge is 0.240 e. The number of hydrogen-bond acceptors (Lipinski definition) is 3. The van der Waals surface area contributed by atoms with E-state index in [1.54, 1.807) is 0 Å². The lowest BCUT2D eigenvalue weighted by atomic mass is 10.1. The first-order valence-electron chi connectivity index (χ1n) is 7.97. The standard InChI is InChI=1S/C18H21ClN2O3S/c1-3-14-6-4-5-13(2)18(14)21-17(22)11-12-20-25(23,24)16-9-7-15(19)8-10-16/h4-10,20H,3,11-12H2,1-2H3,(H,21,22). The fourth-order valence-electron chi connectivity index (χ4n) is 2.40. The first-order chi connectivity index (χ1) is 11.8. The summed E-state index contributed by atoms with van der Waals surface area (Å²) in [5.41, 5.74) is 2.83. The second-order valence-electron chi connectivity index (χ2n) is 5.61. The van der Waals surface area contributed by atoms with Crippen LogP contribution in [-0.2, 0) is 21.2 Å². The molecule has 2 aromatic carbocycles. The molecule has 2 N–H and O–H groups in total. The normalized spacial score (nSPS) is 11.3. The van der Waals surface area contributed by atoms with E-state index >= 15 is 0 Å². The van der Waals surface area contributed by atoms with Crippen LogP contribution in [0.3, 0.4) is 0 Å². The van der Waals surface area contributed by atoms with Gasteiger partial charge in [0, 0.05) is 23.7 Å². The topological polar surface area (TPSA) is 75.3 Å². The minimum atomic E-state index is -3.66. The fourth-order valence-corrected chi connectivity index (χ4v) is 3.56. The molecule has 1 amide bonds. The monoisotopic (exact) mass is 380 g/mol. The molecule has 134 valence electrons. The summed E-state index contributed by atoms with van der Waals surface area (Å²) in [6, 6.07) is 11.7. The zero-order valence-electron chi connectivity index (χ0n) is 14.2. The molecule has 0 unspecified atom stereocenters. The van der Waals surface area contributed by atoms with Crippen LogP contribution in [0.15, 0.2) is 47.4 Å². The molecule has 2 aromatic rings. The number of carbonyl (C=O) groups excluding carboxylic acids is 1. The minimum Gasteiger partial charge on any atom is -0.326 e. The van der Waals surface area contributed by atoms with Gasteiger partial charge in [0.1, 0.15) is 0 Å². The number of aryl methyl sites for hydroxylation is 2. The number of carbonyl (C=O) groups is 1. The van der Waals surface area contributed by atoms with E-state index in [1.165, 1.54) is 24.3 Å². The van der Waals surface area contributed by atoms with E-state index in [9.17, 15) is 13.2 Å². The Hall–Kier alpha value is -1.89. The Balaban J connectivity index is 1.94. The summed E-state index contributed by atoms with van der Waals surface area (Å²) in [6.07, 6.45) is 0.852. The zero-order chi connectivity index (χ0) is 18.4. The van der Waals surface area contributed by atoms with Crippen LogP contribution in [0.1, 0.15) is 24.5 Å². The van der Waals surface area contributed by atoms with Crippen LogP contribution in [0, 0.1) is 6.92 Å². The molecule has 0 atom stereocenters. The van der Waals surface area contributed by atoms with Gasteiger partial charge in [0.15, 0.2) is 0 Å². The van der Waals surface area contributed by atoms with Crippen molar-refractivity contribution in [3.63, 3.8) is 0 Å². The van der Waals surface area contributed by atoms with Gasteiger partial charge < -0.3 is 5.32 Å². The first-order valence-corrected chi connectivity index (χ1v) is 9.83. The molecule has 0 radical (unpaired) electrons. The molecule has 0 heterocycles. The molecule has 0 aliphatic rings. The van der Waals surface area contributed by atoms with E-state index in [0.29, 0.717) is 5.02 Å². The number of para-hydroxylation sites is 1. The van der Waals surface area contributed by atoms with Gasteiger partial charge in [0.2, 0.25) is 15.9 Å². The van der Waals surface area contributed by atoms with E-state index < -0.39 is 10.0 Å². The molecule has 0 spiro atoms. The molecule has 5 nitrogen and oxygen atoms in total. The number of benzene rings is 2. The van der Waals surface area contributed by atoms with E-state index in [2.05, 4.69) is 10.0 Å². The Morgan fingerprint density at radius 1 is 1.12 bits per heavy atom. The molecule has 7 heteroatoms. The summed E-state index contributed by atoms with van der Waals surface area (Å²) < 4.78 is 26.7. The molecular formula is C18H21ClN2O3S. The first kappa shape index (κ1) is 19.4. The maximum Gasteiger partial charge on any atom is 0.240 e. The summed E-state index contributed by atoms with van der Waals surface area (Å²) in [5.74, 6) is -0.234. The van der Waals surface area contributed by atoms with Crippen molar-refractivity contribution >= 4 is 33.2 Å². The predicted molar refractivity (Wildman–Crippen MR) is 100 cm³/mol. The maximum absolute atomic E-state index is 12.2. The quantitative estimate of drug-likeness (QED) is 0.771. The second-order valence-corrected chi connectivity index (χ2v) is 7.82. The molecule has 0 fully saturated rings. The van der Waals surface area contributed by atoms with Gasteiger partial charge >= 0.3 is 0 Å². The van der Waals surface area contributed by atoms with Crippen molar-refractivity contribution in [2.24, 2.45) is 0 Å². The average molecular weight is 381 g/mol. The molecule has 25 heavy (non-hydrogen) atoms. The molecule has 0 aromatic heterocycles. The van der Waals surface area contributed by atoms with Crippen LogP contribution in [0.25, 0.3) is 0 Å². The van der Waals surface area contributed by atoms with Gasteiger partial charge in [0.05, 0.1) is 4.90 Å². The highest BCUT2D eigenvalue weighted by Crippen LogP contribution is 2.21. The van der Waals surface area contributed by atoms with Gasteiger partial charge in [-0.05, 0) is 48.7 Å². The van der Waals surface area contributed by atoms with Crippen LogP contribution in [0.4, 0.5) is 5.69 Å². The second kappa shape index (κ2) is 8.47. The van der Waals surface area contributed by atoms with Crippen LogP contribution in [0.5, 0.6) is 0 Å². The molecule has 0 saturated carbocycles. The zero-order valence-corrected chi connectivity index (χ0v) is 15.7. The maximum atomic E-state index is 12.2. The molecule has 0 aliphatic carbocycles. The summed E-state index contributed by atoms with van der Waals surface area (Å²) in [7, 11) is -3.66. The van der Waals surface area contributed by atoms with Crippen molar-refractivity contribution < 1.29 is 13.2 Å². The van der Waals surface area contributed by atoms with E-state index in [0.717, 1.165) is 23.2 Å². The average Bonchev–Trinajstić information content (AvgIpc) is 2.57. The predicted octanol–water partition coefficient (Wildman–Crippen LogP) is 3.52. The highest BCUT2D eigenvalue weighted by Gasteiger charge is 2.14. The third kappa shape index (κ3) is 5.29. The lowest BCUT2D eigenvalue weighted by Crippen LogP contribution is -2.28. The Morgan fingerprint density at radius 3 is 2.44 bits per heavy atom. The molecular weight excluding hydrogens is 360 g/mol. The molecule has 2 rings (SSSR count). The third-order valence-corrected chi connectivity index (χ3v) is 5.50. The summed E-state index contributed by atoms with van der Waals surface area (Å²) in [5, 5.41) is 3.33. The van der Waals surface area contributed by atoms with Gasteiger partial charge in [-0.2, -0.15) is 0 Å². The van der Waals surface area contributed by atoms with Gasteiger partial charge in [-0.3, -0.25) is 4.79 Å². The SMILES string of the molecule is CCc1cccc(C)c1NC(=O)CCNS(=O)(=O)c1ccc(Cl)cc1. The number of anilines is 1. The van der Waals surface area contributed by atoms with Crippen LogP contribution in [0.2, 0.25) is 5.02 Å². The highest BCUT2D eigenvalue weighted by molar-refractivity contribution is 7.89. The molecule has 0 bridgehead atoms. The van der Waals surface area contributed by atoms with Crippen LogP contribution in [-0.4, -0.2) is 20.9 Å². The minimum absolute atomic E-state index is 0.0180. The number of amides is 1. The van der Waals surface area contributed by atoms with Gasteiger partial charge in [-0.25, -0.2) is 13.1 Å². The molecule has 0 saturated heterocycles. The Morgan fingerprint density at radius 2 is 1.80 bits per heavy atom. The number of rotatable bonds is 7. The number of sulfonamides is 1. The lowest BCUT2D eigenvalue weighted by molar-refractivity contribution is -0.116. The van der Waals surface area contributed by atoms with Crippen molar-refractivity contribution in [1.29, 1.82) is 0 Å². The number of hydrogen-bond donors (Lipinski definition) is 2. The third-order valence-electron chi connectivity index (χ3n) is 3.77. The fraction of sp³-hybridized carbons (Fsp3) is 0.278. The summed E-state index contributed by atoms with van der Waals surface area (Å²) in [4.78, 5) is 12.3. The Labute approximate surface area is 153 Å². The van der Waals surface area contributed by atoms with E-state index in [1.807, 2.05) is 32.0 Å². The van der Waals surface area contributed by atoms with Gasteiger partial charge in [0.25, 0.3) is 0 Å². The van der Waals surface area contributed by atoms with E-state index in [4.69, 9.17) is 11.6 Å². The van der Waals surface area contributed by atoms with Gasteiger partial charge in [-0.15, -0.1) is 0 Å². The molecule has 0 aliphatic heterocycles. The number of halogens is 1. The van der Waals surface area contributed by atoms with Crippen LogP contribution < -0.4 is 10.0 Å². The van der Waals surface area contributed by atoms with E-state index in [-0.39, 0.29) is 23.8 Å². The van der Waals surface area contributed by atoms with Crippen molar-refractivity contribution in [3.05, 3.63) is 58.6 Å².